The Labute approximate surface area is 75.5 Å². The Hall–Kier alpha value is -1.03. The van der Waals surface area contributed by atoms with Crippen molar-refractivity contribution in [3.05, 3.63) is 21.9 Å². The standard InChI is InChI=1S/C8H12N2OS/c1-2-6-3-4-7(12-6)5-8(9)10-11/h3-4,11H,2,5H2,1H3,(H2,9,10). The lowest BCUT2D eigenvalue weighted by Crippen LogP contribution is -2.13. The van der Waals surface area contributed by atoms with Crippen LogP contribution < -0.4 is 5.73 Å². The molecule has 0 amide bonds. The fourth-order valence-electron chi connectivity index (χ4n) is 0.921. The quantitative estimate of drug-likeness (QED) is 0.324. The number of aryl methyl sites for hydroxylation is 1. The van der Waals surface area contributed by atoms with E-state index in [2.05, 4.69) is 18.1 Å². The molecule has 0 fully saturated rings. The van der Waals surface area contributed by atoms with Gasteiger partial charge >= 0.3 is 0 Å². The summed E-state index contributed by atoms with van der Waals surface area (Å²) < 4.78 is 0. The summed E-state index contributed by atoms with van der Waals surface area (Å²) in [4.78, 5) is 2.47. The number of nitrogens with zero attached hydrogens (tertiary/aromatic N) is 1. The fourth-order valence-corrected chi connectivity index (χ4v) is 1.89. The van der Waals surface area contributed by atoms with Crippen LogP contribution in [0.5, 0.6) is 0 Å². The molecule has 0 atom stereocenters. The summed E-state index contributed by atoms with van der Waals surface area (Å²) in [7, 11) is 0. The molecular formula is C8H12N2OS. The van der Waals surface area contributed by atoms with E-state index in [4.69, 9.17) is 10.9 Å². The molecule has 0 saturated carbocycles. The third-order valence-electron chi connectivity index (χ3n) is 1.55. The largest absolute Gasteiger partial charge is 0.409 e. The van der Waals surface area contributed by atoms with Crippen LogP contribution >= 0.6 is 11.3 Å². The Kier molecular flexibility index (Phi) is 3.10. The molecule has 0 aliphatic carbocycles. The molecule has 1 aromatic rings. The van der Waals surface area contributed by atoms with Gasteiger partial charge < -0.3 is 10.9 Å². The van der Waals surface area contributed by atoms with Crippen LogP contribution in [0.3, 0.4) is 0 Å². The number of hydrogen-bond acceptors (Lipinski definition) is 3. The first kappa shape index (κ1) is 9.06. The van der Waals surface area contributed by atoms with Gasteiger partial charge in [-0.15, -0.1) is 11.3 Å². The SMILES string of the molecule is CCc1ccc(C/C(N)=N/O)s1. The van der Waals surface area contributed by atoms with Crippen LogP contribution in [0.2, 0.25) is 0 Å². The second-order valence-corrected chi connectivity index (χ2v) is 3.74. The summed E-state index contributed by atoms with van der Waals surface area (Å²) in [6, 6.07) is 4.09. The van der Waals surface area contributed by atoms with E-state index < -0.39 is 0 Å². The van der Waals surface area contributed by atoms with Crippen molar-refractivity contribution in [1.82, 2.24) is 0 Å². The summed E-state index contributed by atoms with van der Waals surface area (Å²) in [6.07, 6.45) is 1.59. The van der Waals surface area contributed by atoms with Gasteiger partial charge in [0, 0.05) is 16.2 Å². The lowest BCUT2D eigenvalue weighted by atomic mass is 10.3. The zero-order valence-corrected chi connectivity index (χ0v) is 7.77. The van der Waals surface area contributed by atoms with Crippen molar-refractivity contribution in [1.29, 1.82) is 0 Å². The lowest BCUT2D eigenvalue weighted by molar-refractivity contribution is 0.317. The molecule has 0 saturated heterocycles. The van der Waals surface area contributed by atoms with Gasteiger partial charge in [-0.3, -0.25) is 0 Å². The highest BCUT2D eigenvalue weighted by Gasteiger charge is 2.00. The van der Waals surface area contributed by atoms with Gasteiger partial charge in [-0.25, -0.2) is 0 Å². The van der Waals surface area contributed by atoms with Crippen LogP contribution in [-0.4, -0.2) is 11.0 Å². The van der Waals surface area contributed by atoms with Gasteiger partial charge in [0.25, 0.3) is 0 Å². The second kappa shape index (κ2) is 4.11. The minimum Gasteiger partial charge on any atom is -0.409 e. The number of thiophene rings is 1. The Morgan fingerprint density at radius 2 is 2.25 bits per heavy atom. The first-order valence-corrected chi connectivity index (χ1v) is 4.62. The molecule has 0 unspecified atom stereocenters. The van der Waals surface area contributed by atoms with E-state index in [-0.39, 0.29) is 5.84 Å². The maximum absolute atomic E-state index is 8.33. The summed E-state index contributed by atoms with van der Waals surface area (Å²) in [5.41, 5.74) is 5.36. The van der Waals surface area contributed by atoms with E-state index in [1.807, 2.05) is 6.07 Å². The van der Waals surface area contributed by atoms with E-state index in [9.17, 15) is 0 Å². The summed E-state index contributed by atoms with van der Waals surface area (Å²) in [5, 5.41) is 11.2. The smallest absolute Gasteiger partial charge is 0.144 e. The van der Waals surface area contributed by atoms with Crippen molar-refractivity contribution in [3.63, 3.8) is 0 Å². The monoisotopic (exact) mass is 184 g/mol. The predicted octanol–water partition coefficient (Wildman–Crippen LogP) is 1.60. The number of amidine groups is 1. The average Bonchev–Trinajstić information content (AvgIpc) is 2.52. The number of oxime groups is 1. The highest BCUT2D eigenvalue weighted by Crippen LogP contribution is 2.17. The molecule has 1 aromatic heterocycles. The molecule has 0 spiro atoms. The van der Waals surface area contributed by atoms with E-state index in [1.165, 1.54) is 4.88 Å². The minimum absolute atomic E-state index is 0.263. The Morgan fingerprint density at radius 1 is 1.58 bits per heavy atom. The summed E-state index contributed by atoms with van der Waals surface area (Å²) in [6.45, 7) is 2.11. The first-order valence-electron chi connectivity index (χ1n) is 3.80. The maximum atomic E-state index is 8.33. The van der Waals surface area contributed by atoms with E-state index in [1.54, 1.807) is 11.3 Å². The van der Waals surface area contributed by atoms with Gasteiger partial charge in [0.1, 0.15) is 5.84 Å². The third-order valence-corrected chi connectivity index (χ3v) is 2.78. The molecule has 0 bridgehead atoms. The molecule has 1 heterocycles. The van der Waals surface area contributed by atoms with Gasteiger partial charge in [0.15, 0.2) is 0 Å². The third kappa shape index (κ3) is 2.23. The first-order chi connectivity index (χ1) is 5.76. The predicted molar refractivity (Wildman–Crippen MR) is 50.8 cm³/mol. The minimum atomic E-state index is 0.263. The molecule has 4 heteroatoms. The number of hydrogen-bond donors (Lipinski definition) is 2. The number of nitrogens with two attached hydrogens (primary N) is 1. The highest BCUT2D eigenvalue weighted by atomic mass is 32.1. The lowest BCUT2D eigenvalue weighted by Gasteiger charge is -1.92. The Bertz CT molecular complexity index is 280. The zero-order valence-electron chi connectivity index (χ0n) is 6.95. The summed E-state index contributed by atoms with van der Waals surface area (Å²) in [5.74, 6) is 0.263. The van der Waals surface area contributed by atoms with Crippen molar-refractivity contribution >= 4 is 17.2 Å². The highest BCUT2D eigenvalue weighted by molar-refractivity contribution is 7.12. The molecule has 3 N–H and O–H groups in total. The van der Waals surface area contributed by atoms with Crippen LogP contribution in [0.4, 0.5) is 0 Å². The topological polar surface area (TPSA) is 58.6 Å². The van der Waals surface area contributed by atoms with Gasteiger partial charge in [-0.05, 0) is 18.6 Å². The fraction of sp³-hybridized carbons (Fsp3) is 0.375. The van der Waals surface area contributed by atoms with Crippen LogP contribution in [0.15, 0.2) is 17.3 Å². The van der Waals surface area contributed by atoms with Crippen molar-refractivity contribution in [2.24, 2.45) is 10.9 Å². The van der Waals surface area contributed by atoms with Gasteiger partial charge in [0.05, 0.1) is 0 Å². The van der Waals surface area contributed by atoms with E-state index in [0.717, 1.165) is 11.3 Å². The van der Waals surface area contributed by atoms with Crippen molar-refractivity contribution in [2.45, 2.75) is 19.8 Å². The molecule has 0 radical (unpaired) electrons. The van der Waals surface area contributed by atoms with Crippen LogP contribution in [-0.2, 0) is 12.8 Å². The maximum Gasteiger partial charge on any atom is 0.144 e. The molecule has 0 aromatic carbocycles. The van der Waals surface area contributed by atoms with Gasteiger partial charge in [0.2, 0.25) is 0 Å². The molecule has 3 nitrogen and oxygen atoms in total. The molecule has 0 aliphatic heterocycles. The average molecular weight is 184 g/mol. The van der Waals surface area contributed by atoms with Gasteiger partial charge in [-0.1, -0.05) is 12.1 Å². The van der Waals surface area contributed by atoms with Crippen LogP contribution in [0.1, 0.15) is 16.7 Å². The van der Waals surface area contributed by atoms with Crippen LogP contribution in [0.25, 0.3) is 0 Å². The molecule has 66 valence electrons. The second-order valence-electron chi connectivity index (χ2n) is 2.49. The molecule has 1 rings (SSSR count). The van der Waals surface area contributed by atoms with Crippen molar-refractivity contribution in [2.75, 3.05) is 0 Å². The van der Waals surface area contributed by atoms with Crippen LogP contribution in [0, 0.1) is 0 Å². The zero-order chi connectivity index (χ0) is 8.97. The van der Waals surface area contributed by atoms with Gasteiger partial charge in [-0.2, -0.15) is 0 Å². The van der Waals surface area contributed by atoms with Crippen molar-refractivity contribution < 1.29 is 5.21 Å². The molecular weight excluding hydrogens is 172 g/mol. The molecule has 12 heavy (non-hydrogen) atoms. The summed E-state index contributed by atoms with van der Waals surface area (Å²) >= 11 is 1.70. The Morgan fingerprint density at radius 3 is 2.75 bits per heavy atom. The van der Waals surface area contributed by atoms with Crippen molar-refractivity contribution in [3.8, 4) is 0 Å². The van der Waals surface area contributed by atoms with E-state index >= 15 is 0 Å². The Balaban J connectivity index is 2.64. The molecule has 0 aliphatic rings. The number of rotatable bonds is 3. The normalized spacial score (nSPS) is 11.9. The van der Waals surface area contributed by atoms with E-state index in [0.29, 0.717) is 6.42 Å².